The van der Waals surface area contributed by atoms with Crippen molar-refractivity contribution < 1.29 is 4.79 Å². The first-order chi connectivity index (χ1) is 16.3. The zero-order chi connectivity index (χ0) is 24.0. The van der Waals surface area contributed by atoms with Crippen LogP contribution in [-0.2, 0) is 6.54 Å². The topological polar surface area (TPSA) is 81.3 Å². The van der Waals surface area contributed by atoms with Crippen LogP contribution >= 0.6 is 0 Å². The molecule has 0 saturated carbocycles. The molecule has 1 amide bonds. The summed E-state index contributed by atoms with van der Waals surface area (Å²) in [6.45, 7) is 8.34. The largest absolute Gasteiger partial charge is 0.319 e. The van der Waals surface area contributed by atoms with E-state index in [1.807, 2.05) is 88.4 Å². The van der Waals surface area contributed by atoms with Gasteiger partial charge in [0.15, 0.2) is 0 Å². The molecule has 0 aliphatic carbocycles. The fourth-order valence-corrected chi connectivity index (χ4v) is 4.24. The predicted octanol–water partition coefficient (Wildman–Crippen LogP) is 4.58. The van der Waals surface area contributed by atoms with Crippen molar-refractivity contribution in [3.8, 4) is 0 Å². The molecule has 0 aliphatic rings. The van der Waals surface area contributed by atoms with Gasteiger partial charge in [0.1, 0.15) is 0 Å². The van der Waals surface area contributed by atoms with Crippen molar-refractivity contribution in [2.45, 2.75) is 34.2 Å². The van der Waals surface area contributed by atoms with Crippen LogP contribution in [0.3, 0.4) is 0 Å². The van der Waals surface area contributed by atoms with Crippen molar-refractivity contribution in [2.75, 3.05) is 5.32 Å². The molecule has 0 bridgehead atoms. The third kappa shape index (κ3) is 3.96. The third-order valence-electron chi connectivity index (χ3n) is 5.84. The molecule has 7 heteroatoms. The number of aromatic nitrogens is 4. The SMILES string of the molecule is Cc1ccc(Cn2c(=O)c3nc(C(=O)Nc4cc(C)cc(C)c4)nn3c3ccc(C)cc32)cc1. The molecular formula is C27H25N5O2. The van der Waals surface area contributed by atoms with Gasteiger partial charge in [0.2, 0.25) is 11.5 Å². The number of aryl methyl sites for hydroxylation is 4. The number of fused-ring (bicyclic) bond motifs is 3. The van der Waals surface area contributed by atoms with Gasteiger partial charge in [-0.15, -0.1) is 5.10 Å². The summed E-state index contributed by atoms with van der Waals surface area (Å²) in [5.41, 5.74) is 7.21. The monoisotopic (exact) mass is 451 g/mol. The number of nitrogens with zero attached hydrogens (tertiary/aromatic N) is 4. The minimum Gasteiger partial charge on any atom is -0.319 e. The Bertz CT molecular complexity index is 1610. The third-order valence-corrected chi connectivity index (χ3v) is 5.84. The Balaban J connectivity index is 1.63. The number of hydrogen-bond donors (Lipinski definition) is 1. The molecule has 0 saturated heterocycles. The Kier molecular flexibility index (Phi) is 5.24. The highest BCUT2D eigenvalue weighted by molar-refractivity contribution is 6.02. The van der Waals surface area contributed by atoms with E-state index in [-0.39, 0.29) is 17.0 Å². The minimum atomic E-state index is -0.460. The van der Waals surface area contributed by atoms with E-state index in [1.165, 1.54) is 4.52 Å². The number of benzene rings is 3. The Morgan fingerprint density at radius 1 is 0.824 bits per heavy atom. The molecule has 2 aromatic heterocycles. The number of anilines is 1. The van der Waals surface area contributed by atoms with Crippen LogP contribution in [0.5, 0.6) is 0 Å². The van der Waals surface area contributed by atoms with Crippen molar-refractivity contribution in [1.82, 2.24) is 19.2 Å². The van der Waals surface area contributed by atoms with Crippen LogP contribution in [-0.4, -0.2) is 25.1 Å². The first-order valence-corrected chi connectivity index (χ1v) is 11.1. The zero-order valence-corrected chi connectivity index (χ0v) is 19.6. The van der Waals surface area contributed by atoms with Crippen LogP contribution in [0, 0.1) is 27.7 Å². The van der Waals surface area contributed by atoms with E-state index in [0.29, 0.717) is 17.7 Å². The Morgan fingerprint density at radius 3 is 2.21 bits per heavy atom. The molecule has 5 rings (SSSR count). The number of nitrogens with one attached hydrogen (secondary N) is 1. The molecule has 7 nitrogen and oxygen atoms in total. The molecule has 0 spiro atoms. The molecule has 1 N–H and O–H groups in total. The lowest BCUT2D eigenvalue weighted by molar-refractivity contribution is 0.101. The van der Waals surface area contributed by atoms with E-state index in [0.717, 1.165) is 33.3 Å². The highest BCUT2D eigenvalue weighted by Crippen LogP contribution is 2.19. The van der Waals surface area contributed by atoms with Crippen LogP contribution in [0.25, 0.3) is 16.7 Å². The normalized spacial score (nSPS) is 11.3. The van der Waals surface area contributed by atoms with Gasteiger partial charge in [-0.3, -0.25) is 14.2 Å². The Hall–Kier alpha value is -4.26. The Morgan fingerprint density at radius 2 is 1.50 bits per heavy atom. The van der Waals surface area contributed by atoms with Gasteiger partial charge in [-0.1, -0.05) is 42.0 Å². The molecule has 2 heterocycles. The number of amides is 1. The van der Waals surface area contributed by atoms with Gasteiger partial charge in [0.25, 0.3) is 11.5 Å². The number of carbonyl (C=O) groups excluding carboxylic acids is 1. The molecule has 34 heavy (non-hydrogen) atoms. The van der Waals surface area contributed by atoms with Gasteiger partial charge < -0.3 is 5.32 Å². The summed E-state index contributed by atoms with van der Waals surface area (Å²) in [7, 11) is 0. The first-order valence-electron chi connectivity index (χ1n) is 11.1. The smallest absolute Gasteiger partial charge is 0.296 e. The van der Waals surface area contributed by atoms with Crippen molar-refractivity contribution in [3.63, 3.8) is 0 Å². The second-order valence-corrected chi connectivity index (χ2v) is 8.87. The lowest BCUT2D eigenvalue weighted by Gasteiger charge is -2.12. The molecule has 0 atom stereocenters. The summed E-state index contributed by atoms with van der Waals surface area (Å²) in [6.07, 6.45) is 0. The molecule has 3 aromatic carbocycles. The van der Waals surface area contributed by atoms with Gasteiger partial charge in [0, 0.05) is 5.69 Å². The maximum atomic E-state index is 13.5. The van der Waals surface area contributed by atoms with Crippen LogP contribution < -0.4 is 10.9 Å². The summed E-state index contributed by atoms with van der Waals surface area (Å²) in [4.78, 5) is 30.8. The number of rotatable bonds is 4. The van der Waals surface area contributed by atoms with Crippen molar-refractivity contribution in [2.24, 2.45) is 0 Å². The molecule has 0 aliphatic heterocycles. The average molecular weight is 452 g/mol. The van der Waals surface area contributed by atoms with Gasteiger partial charge in [-0.25, -0.2) is 4.52 Å². The lowest BCUT2D eigenvalue weighted by atomic mass is 10.1. The summed E-state index contributed by atoms with van der Waals surface area (Å²) < 4.78 is 3.17. The fraction of sp³-hybridized carbons (Fsp3) is 0.185. The van der Waals surface area contributed by atoms with Gasteiger partial charge in [0.05, 0.1) is 17.6 Å². The summed E-state index contributed by atoms with van der Waals surface area (Å²) >= 11 is 0. The van der Waals surface area contributed by atoms with Crippen LogP contribution in [0.4, 0.5) is 5.69 Å². The molecule has 5 aromatic rings. The maximum Gasteiger partial charge on any atom is 0.296 e. The van der Waals surface area contributed by atoms with E-state index in [1.54, 1.807) is 4.57 Å². The second-order valence-electron chi connectivity index (χ2n) is 8.87. The van der Waals surface area contributed by atoms with E-state index < -0.39 is 5.91 Å². The van der Waals surface area contributed by atoms with E-state index >= 15 is 0 Å². The van der Waals surface area contributed by atoms with Crippen LogP contribution in [0.15, 0.2) is 65.5 Å². The van der Waals surface area contributed by atoms with Crippen molar-refractivity contribution in [3.05, 3.63) is 105 Å². The quantitative estimate of drug-likeness (QED) is 0.434. The molecule has 0 radical (unpaired) electrons. The van der Waals surface area contributed by atoms with E-state index in [9.17, 15) is 9.59 Å². The first kappa shape index (κ1) is 21.6. The summed E-state index contributed by atoms with van der Waals surface area (Å²) in [5.74, 6) is -0.510. The van der Waals surface area contributed by atoms with E-state index in [2.05, 4.69) is 15.4 Å². The fourth-order valence-electron chi connectivity index (χ4n) is 4.24. The average Bonchev–Trinajstić information content (AvgIpc) is 3.23. The van der Waals surface area contributed by atoms with E-state index in [4.69, 9.17) is 0 Å². The predicted molar refractivity (Wildman–Crippen MR) is 134 cm³/mol. The Labute approximate surface area is 196 Å². The highest BCUT2D eigenvalue weighted by atomic mass is 16.2. The standard InChI is InChI=1S/C27H25N5O2/c1-16-5-8-20(9-6-16)15-31-23-14-17(2)7-10-22(23)32-25(27(31)34)29-24(30-32)26(33)28-21-12-18(3)11-19(4)13-21/h5-14H,15H2,1-4H3,(H,28,33). The van der Waals surface area contributed by atoms with Gasteiger partial charge in [-0.2, -0.15) is 4.98 Å². The number of carbonyl (C=O) groups is 1. The summed E-state index contributed by atoms with van der Waals surface area (Å²) in [5, 5.41) is 7.26. The molecular weight excluding hydrogens is 426 g/mol. The molecule has 0 fully saturated rings. The second kappa shape index (κ2) is 8.26. The molecule has 0 unspecified atom stereocenters. The van der Waals surface area contributed by atoms with Gasteiger partial charge >= 0.3 is 0 Å². The lowest BCUT2D eigenvalue weighted by Crippen LogP contribution is -2.24. The van der Waals surface area contributed by atoms with Crippen molar-refractivity contribution in [1.29, 1.82) is 0 Å². The molecule has 170 valence electrons. The minimum absolute atomic E-state index is 0.0498. The highest BCUT2D eigenvalue weighted by Gasteiger charge is 2.19. The van der Waals surface area contributed by atoms with Crippen LogP contribution in [0.1, 0.15) is 38.4 Å². The van der Waals surface area contributed by atoms with Gasteiger partial charge in [-0.05, 0) is 74.2 Å². The zero-order valence-electron chi connectivity index (χ0n) is 19.6. The van der Waals surface area contributed by atoms with Crippen molar-refractivity contribution >= 4 is 28.3 Å². The van der Waals surface area contributed by atoms with Crippen LogP contribution in [0.2, 0.25) is 0 Å². The maximum absolute atomic E-state index is 13.5. The number of hydrogen-bond acceptors (Lipinski definition) is 4. The summed E-state index contributed by atoms with van der Waals surface area (Å²) in [6, 6.07) is 19.7.